The van der Waals surface area contributed by atoms with Crippen LogP contribution in [0.4, 0.5) is 0 Å². The maximum atomic E-state index is 11.1. The van der Waals surface area contributed by atoms with Gasteiger partial charge in [-0.1, -0.05) is 0 Å². The van der Waals surface area contributed by atoms with Crippen LogP contribution in [0.2, 0.25) is 0 Å². The zero-order valence-electron chi connectivity index (χ0n) is 8.01. The minimum atomic E-state index is -0.510. The van der Waals surface area contributed by atoms with Crippen molar-refractivity contribution in [3.63, 3.8) is 0 Å². The molecule has 1 aromatic rings. The second kappa shape index (κ2) is 3.96. The molecule has 0 amide bonds. The van der Waals surface area contributed by atoms with E-state index >= 15 is 0 Å². The molecule has 0 aliphatic carbocycles. The Hall–Kier alpha value is -0.693. The molecular weight excluding hydrogens is 334 g/mol. The number of phenols is 1. The van der Waals surface area contributed by atoms with Crippen molar-refractivity contribution < 1.29 is 19.4 Å². The van der Waals surface area contributed by atoms with E-state index in [1.807, 2.05) is 6.07 Å². The third kappa shape index (κ3) is 1.82. The van der Waals surface area contributed by atoms with Crippen LogP contribution in [0.15, 0.2) is 18.2 Å². The molecule has 1 aromatic carbocycles. The normalized spacial score (nSPS) is 19.9. The van der Waals surface area contributed by atoms with Crippen molar-refractivity contribution in [3.05, 3.63) is 18.2 Å². The number of phenolic OH excluding ortho intramolecular Hbond substituents is 1. The molecule has 4 nitrogen and oxygen atoms in total. The van der Waals surface area contributed by atoms with Crippen molar-refractivity contribution in [1.29, 1.82) is 0 Å². The maximum absolute atomic E-state index is 11.1. The van der Waals surface area contributed by atoms with Gasteiger partial charge in [-0.2, -0.15) is 0 Å². The molecule has 80 valence electrons. The number of carbonyl (C=O) groups is 1. The summed E-state index contributed by atoms with van der Waals surface area (Å²) in [5.41, 5.74) is 0. The Kier molecular flexibility index (Phi) is 2.59. The third-order valence-electron chi connectivity index (χ3n) is 2.11. The topological polar surface area (TPSA) is 55.8 Å². The van der Waals surface area contributed by atoms with Gasteiger partial charge in [-0.15, -0.1) is 0 Å². The summed E-state index contributed by atoms with van der Waals surface area (Å²) in [5, 5.41) is 9.32. The van der Waals surface area contributed by atoms with E-state index in [1.165, 1.54) is 0 Å². The average molecular weight is 340 g/mol. The molecule has 0 saturated heterocycles. The van der Waals surface area contributed by atoms with Crippen LogP contribution in [0.3, 0.4) is 0 Å². The molecular formula is C10H6As2O4. The number of hydrogen-bond acceptors (Lipinski definition) is 4. The molecule has 3 rings (SSSR count). The quantitative estimate of drug-likeness (QED) is 0.642. The second-order valence-corrected chi connectivity index (χ2v) is 7.97. The SMILES string of the molecule is O=C1COC(C2=[As]c3ccc(O)cc3O2)=[As]1. The number of fused-ring (bicyclic) bond motifs is 1. The molecule has 0 unspecified atom stereocenters. The van der Waals surface area contributed by atoms with E-state index in [1.54, 1.807) is 12.1 Å². The summed E-state index contributed by atoms with van der Waals surface area (Å²) in [6.07, 6.45) is 0. The van der Waals surface area contributed by atoms with Crippen LogP contribution < -0.4 is 9.09 Å². The standard InChI is InChI=1S/C10H6As2O4/c13-5-1-2-6-7(3-5)16-10(11-6)9-12-8(14)4-15-9/h1-3,13H,4H2. The average Bonchev–Trinajstić information content (AvgIpc) is 2.83. The number of aromatic hydroxyl groups is 1. The molecule has 2 aliphatic heterocycles. The number of hydrogen-bond donors (Lipinski definition) is 1. The van der Waals surface area contributed by atoms with Crippen molar-refractivity contribution in [1.82, 2.24) is 0 Å². The van der Waals surface area contributed by atoms with Crippen LogP contribution >= 0.6 is 0 Å². The summed E-state index contributed by atoms with van der Waals surface area (Å²) in [7, 11) is 0. The third-order valence-corrected chi connectivity index (χ3v) is 7.19. The van der Waals surface area contributed by atoms with Crippen LogP contribution in [-0.4, -0.2) is 55.9 Å². The van der Waals surface area contributed by atoms with Crippen LogP contribution in [0, 0.1) is 0 Å². The first-order chi connectivity index (χ1) is 7.72. The molecule has 16 heavy (non-hydrogen) atoms. The molecule has 2 heterocycles. The Morgan fingerprint density at radius 3 is 2.88 bits per heavy atom. The fourth-order valence-corrected chi connectivity index (χ4v) is 5.70. The molecule has 6 heteroatoms. The summed E-state index contributed by atoms with van der Waals surface area (Å²) >= 11 is -0.752. The van der Waals surface area contributed by atoms with E-state index < -0.39 is 15.3 Å². The molecule has 0 aromatic heterocycles. The number of ether oxygens (including phenoxy) is 2. The first kappa shape index (κ1) is 10.5. The van der Waals surface area contributed by atoms with Gasteiger partial charge < -0.3 is 0 Å². The Balaban J connectivity index is 1.94. The van der Waals surface area contributed by atoms with Gasteiger partial charge >= 0.3 is 104 Å². The zero-order chi connectivity index (χ0) is 11.1. The van der Waals surface area contributed by atoms with Gasteiger partial charge in [0.25, 0.3) is 0 Å². The van der Waals surface area contributed by atoms with E-state index in [0.717, 1.165) is 13.3 Å². The monoisotopic (exact) mass is 340 g/mol. The summed E-state index contributed by atoms with van der Waals surface area (Å²) < 4.78 is 13.8. The summed E-state index contributed by atoms with van der Waals surface area (Å²) in [6, 6.07) is 5.12. The van der Waals surface area contributed by atoms with Crippen LogP contribution in [0.5, 0.6) is 11.5 Å². The molecule has 2 aliphatic rings. The molecule has 0 saturated carbocycles. The Labute approximate surface area is 104 Å². The first-order valence-electron chi connectivity index (χ1n) is 4.56. The predicted octanol–water partition coefficient (Wildman–Crippen LogP) is -1.37. The zero-order valence-corrected chi connectivity index (χ0v) is 11.8. The number of carbonyl (C=O) groups excluding carboxylic acids is 1. The van der Waals surface area contributed by atoms with Crippen molar-refractivity contribution in [2.75, 3.05) is 6.61 Å². The minimum absolute atomic E-state index is 0.183. The van der Waals surface area contributed by atoms with Crippen LogP contribution in [0.1, 0.15) is 0 Å². The van der Waals surface area contributed by atoms with E-state index in [2.05, 4.69) is 0 Å². The van der Waals surface area contributed by atoms with Gasteiger partial charge in [0.15, 0.2) is 0 Å². The van der Waals surface area contributed by atoms with Crippen molar-refractivity contribution >= 4 is 48.5 Å². The molecule has 0 fully saturated rings. The van der Waals surface area contributed by atoms with Gasteiger partial charge in [-0.25, -0.2) is 0 Å². The number of rotatable bonds is 1. The van der Waals surface area contributed by atoms with Gasteiger partial charge in [0.05, 0.1) is 0 Å². The fourth-order valence-electron chi connectivity index (χ4n) is 1.42. The van der Waals surface area contributed by atoms with Crippen molar-refractivity contribution in [2.45, 2.75) is 0 Å². The summed E-state index contributed by atoms with van der Waals surface area (Å²) in [4.78, 5) is 11.1. The molecule has 0 atom stereocenters. The van der Waals surface area contributed by atoms with Gasteiger partial charge in [0.1, 0.15) is 0 Å². The van der Waals surface area contributed by atoms with E-state index in [4.69, 9.17) is 9.47 Å². The van der Waals surface area contributed by atoms with Crippen LogP contribution in [-0.2, 0) is 9.53 Å². The van der Waals surface area contributed by atoms with E-state index in [-0.39, 0.29) is 32.2 Å². The number of benzene rings is 1. The Bertz CT molecular complexity index is 548. The Morgan fingerprint density at radius 2 is 2.12 bits per heavy atom. The van der Waals surface area contributed by atoms with Gasteiger partial charge in [-0.3, -0.25) is 0 Å². The molecule has 0 bridgehead atoms. The van der Waals surface area contributed by atoms with E-state index in [9.17, 15) is 9.90 Å². The van der Waals surface area contributed by atoms with Crippen molar-refractivity contribution in [3.8, 4) is 11.5 Å². The second-order valence-electron chi connectivity index (χ2n) is 3.27. The Morgan fingerprint density at radius 1 is 1.25 bits per heavy atom. The summed E-state index contributed by atoms with van der Waals surface area (Å²) in [6.45, 7) is 0.199. The molecule has 1 N–H and O–H groups in total. The van der Waals surface area contributed by atoms with Gasteiger partial charge in [0, 0.05) is 0 Å². The van der Waals surface area contributed by atoms with Gasteiger partial charge in [-0.05, 0) is 0 Å². The first-order valence-corrected chi connectivity index (χ1v) is 8.32. The molecule has 0 radical (unpaired) electrons. The van der Waals surface area contributed by atoms with Gasteiger partial charge in [0.2, 0.25) is 0 Å². The van der Waals surface area contributed by atoms with E-state index in [0.29, 0.717) is 5.75 Å². The predicted molar refractivity (Wildman–Crippen MR) is 60.8 cm³/mol. The fraction of sp³-hybridized carbons (Fsp3) is 0.100. The summed E-state index contributed by atoms with van der Waals surface area (Å²) in [5.74, 6) is 0.898. The van der Waals surface area contributed by atoms with Crippen molar-refractivity contribution in [2.24, 2.45) is 0 Å². The van der Waals surface area contributed by atoms with Crippen LogP contribution in [0.25, 0.3) is 0 Å². The molecule has 0 spiro atoms.